The van der Waals surface area contributed by atoms with Crippen molar-refractivity contribution in [3.05, 3.63) is 54.1 Å². The van der Waals surface area contributed by atoms with Crippen LogP contribution in [0.3, 0.4) is 0 Å². The van der Waals surface area contributed by atoms with Crippen LogP contribution in [0, 0.1) is 0 Å². The van der Waals surface area contributed by atoms with Crippen LogP contribution in [0.1, 0.15) is 5.56 Å². The van der Waals surface area contributed by atoms with Crippen molar-refractivity contribution in [1.82, 2.24) is 9.88 Å². The molecule has 154 valence electrons. The molecule has 1 saturated heterocycles. The van der Waals surface area contributed by atoms with E-state index in [1.807, 2.05) is 42.6 Å². The molecule has 0 atom stereocenters. The van der Waals surface area contributed by atoms with Crippen molar-refractivity contribution in [3.63, 3.8) is 0 Å². The summed E-state index contributed by atoms with van der Waals surface area (Å²) in [6.45, 7) is 5.83. The monoisotopic (exact) mass is 421 g/mol. The van der Waals surface area contributed by atoms with Crippen LogP contribution in [0.4, 0.5) is 0 Å². The minimum Gasteiger partial charge on any atom is -0.469 e. The van der Waals surface area contributed by atoms with E-state index in [0.29, 0.717) is 11.8 Å². The maximum absolute atomic E-state index is 6.04. The fourth-order valence-electron chi connectivity index (χ4n) is 3.50. The Morgan fingerprint density at radius 1 is 1.03 bits per heavy atom. The summed E-state index contributed by atoms with van der Waals surface area (Å²) in [6, 6.07) is 14.1. The lowest BCUT2D eigenvalue weighted by molar-refractivity contribution is 0.0322. The number of fused-ring (bicyclic) bond motifs is 1. The molecule has 3 heterocycles. The van der Waals surface area contributed by atoms with E-state index in [1.165, 1.54) is 11.1 Å². The van der Waals surface area contributed by atoms with Crippen LogP contribution in [0.2, 0.25) is 0 Å². The maximum atomic E-state index is 6.04. The third kappa shape index (κ3) is 4.53. The summed E-state index contributed by atoms with van der Waals surface area (Å²) >= 11 is 1.55. The third-order valence-electron chi connectivity index (χ3n) is 5.18. The Labute approximate surface area is 179 Å². The Kier molecular flexibility index (Phi) is 5.74. The lowest BCUT2D eigenvalue weighted by Crippen LogP contribution is -2.38. The van der Waals surface area contributed by atoms with Gasteiger partial charge in [-0.2, -0.15) is 0 Å². The molecule has 0 N–H and O–H groups in total. The SMILES string of the molecule is C1=NCC(c2ccc(Oc3ccc4nc(OCCN5CCOCC5)sc4c3)cc2)=C1. The van der Waals surface area contributed by atoms with Crippen LogP contribution >= 0.6 is 11.3 Å². The topological polar surface area (TPSA) is 56.2 Å². The van der Waals surface area contributed by atoms with E-state index in [1.54, 1.807) is 11.3 Å². The predicted molar refractivity (Wildman–Crippen MR) is 120 cm³/mol. The summed E-state index contributed by atoms with van der Waals surface area (Å²) in [5.41, 5.74) is 3.34. The van der Waals surface area contributed by atoms with Gasteiger partial charge in [0.15, 0.2) is 0 Å². The second kappa shape index (κ2) is 8.95. The quantitative estimate of drug-likeness (QED) is 0.570. The fraction of sp³-hybridized carbons (Fsp3) is 0.304. The average molecular weight is 422 g/mol. The second-order valence-electron chi connectivity index (χ2n) is 7.22. The maximum Gasteiger partial charge on any atom is 0.274 e. The number of thiazole rings is 1. The molecule has 1 fully saturated rings. The number of ether oxygens (including phenoxy) is 3. The van der Waals surface area contributed by atoms with Gasteiger partial charge < -0.3 is 14.2 Å². The normalized spacial score (nSPS) is 16.7. The molecule has 7 heteroatoms. The van der Waals surface area contributed by atoms with Gasteiger partial charge in [0.05, 0.1) is 30.0 Å². The number of aliphatic imine (C=N–C) groups is 1. The van der Waals surface area contributed by atoms with Crippen molar-refractivity contribution in [1.29, 1.82) is 0 Å². The largest absolute Gasteiger partial charge is 0.469 e. The first kappa shape index (κ1) is 19.2. The number of aromatic nitrogens is 1. The summed E-state index contributed by atoms with van der Waals surface area (Å²) < 4.78 is 18.4. The molecule has 5 rings (SSSR count). The van der Waals surface area contributed by atoms with Crippen LogP contribution in [0.5, 0.6) is 16.7 Å². The number of hydrogen-bond donors (Lipinski definition) is 0. The molecule has 2 aromatic carbocycles. The molecule has 0 saturated carbocycles. The molecule has 6 nitrogen and oxygen atoms in total. The van der Waals surface area contributed by atoms with Crippen LogP contribution in [0.15, 0.2) is 53.5 Å². The molecular weight excluding hydrogens is 398 g/mol. The van der Waals surface area contributed by atoms with Gasteiger partial charge in [0.2, 0.25) is 0 Å². The number of nitrogens with zero attached hydrogens (tertiary/aromatic N) is 3. The second-order valence-corrected chi connectivity index (χ2v) is 8.21. The van der Waals surface area contributed by atoms with Gasteiger partial charge in [-0.05, 0) is 41.5 Å². The highest BCUT2D eigenvalue weighted by Gasteiger charge is 2.12. The van der Waals surface area contributed by atoms with E-state index in [9.17, 15) is 0 Å². The zero-order valence-electron chi connectivity index (χ0n) is 16.6. The molecule has 0 aliphatic carbocycles. The van der Waals surface area contributed by atoms with E-state index in [4.69, 9.17) is 14.2 Å². The van der Waals surface area contributed by atoms with Crippen molar-refractivity contribution < 1.29 is 14.2 Å². The standard InChI is InChI=1S/C23H23N3O3S/c1-3-19(4-2-17(1)18-7-8-24-16-18)29-20-5-6-21-22(15-20)30-23(25-21)28-14-11-26-9-12-27-13-10-26/h1-8,15H,9-14,16H2. The summed E-state index contributed by atoms with van der Waals surface area (Å²) in [4.78, 5) is 11.2. The third-order valence-corrected chi connectivity index (χ3v) is 6.11. The van der Waals surface area contributed by atoms with Crippen LogP contribution in [-0.4, -0.2) is 62.1 Å². The molecule has 2 aliphatic heterocycles. The summed E-state index contributed by atoms with van der Waals surface area (Å²) in [6.07, 6.45) is 3.90. The van der Waals surface area contributed by atoms with Gasteiger partial charge in [0.25, 0.3) is 5.19 Å². The smallest absolute Gasteiger partial charge is 0.274 e. The highest BCUT2D eigenvalue weighted by Crippen LogP contribution is 2.32. The highest BCUT2D eigenvalue weighted by molar-refractivity contribution is 7.20. The van der Waals surface area contributed by atoms with Gasteiger partial charge in [-0.15, -0.1) is 0 Å². The first-order valence-corrected chi connectivity index (χ1v) is 11.0. The number of rotatable bonds is 7. The number of hydrogen-bond acceptors (Lipinski definition) is 7. The summed E-state index contributed by atoms with van der Waals surface area (Å²) in [7, 11) is 0. The van der Waals surface area contributed by atoms with Crippen LogP contribution < -0.4 is 9.47 Å². The summed E-state index contributed by atoms with van der Waals surface area (Å²) in [5, 5.41) is 0.701. The Hall–Kier alpha value is -2.74. The lowest BCUT2D eigenvalue weighted by Gasteiger charge is -2.26. The fourth-order valence-corrected chi connectivity index (χ4v) is 4.37. The first-order chi connectivity index (χ1) is 14.8. The number of benzene rings is 2. The van der Waals surface area contributed by atoms with Gasteiger partial charge in [0, 0.05) is 31.9 Å². The highest BCUT2D eigenvalue weighted by atomic mass is 32.1. The molecule has 0 spiro atoms. The van der Waals surface area contributed by atoms with Gasteiger partial charge in [0.1, 0.15) is 18.1 Å². The molecule has 30 heavy (non-hydrogen) atoms. The molecular formula is C23H23N3O3S. The van der Waals surface area contributed by atoms with Crippen molar-refractivity contribution >= 4 is 33.3 Å². The van der Waals surface area contributed by atoms with Crippen molar-refractivity contribution in [3.8, 4) is 16.7 Å². The van der Waals surface area contributed by atoms with E-state index >= 15 is 0 Å². The first-order valence-electron chi connectivity index (χ1n) is 10.1. The minimum absolute atomic E-state index is 0.636. The lowest BCUT2D eigenvalue weighted by atomic mass is 10.1. The van der Waals surface area contributed by atoms with Crippen LogP contribution in [0.25, 0.3) is 15.8 Å². The molecule has 3 aromatic rings. The number of allylic oxidation sites excluding steroid dienone is 1. The van der Waals surface area contributed by atoms with E-state index < -0.39 is 0 Å². The van der Waals surface area contributed by atoms with Crippen molar-refractivity contribution in [2.75, 3.05) is 46.0 Å². The van der Waals surface area contributed by atoms with E-state index in [0.717, 1.165) is 61.1 Å². The van der Waals surface area contributed by atoms with Crippen LogP contribution in [-0.2, 0) is 4.74 Å². The Balaban J connectivity index is 1.20. The van der Waals surface area contributed by atoms with Gasteiger partial charge >= 0.3 is 0 Å². The van der Waals surface area contributed by atoms with Crippen molar-refractivity contribution in [2.24, 2.45) is 4.99 Å². The molecule has 0 unspecified atom stereocenters. The molecule has 0 bridgehead atoms. The van der Waals surface area contributed by atoms with E-state index in [2.05, 4.69) is 27.0 Å². The Morgan fingerprint density at radius 3 is 2.67 bits per heavy atom. The van der Waals surface area contributed by atoms with Crippen molar-refractivity contribution in [2.45, 2.75) is 0 Å². The Morgan fingerprint density at radius 2 is 1.87 bits per heavy atom. The minimum atomic E-state index is 0.636. The number of morpholine rings is 1. The average Bonchev–Trinajstić information content (AvgIpc) is 3.45. The predicted octanol–water partition coefficient (Wildman–Crippen LogP) is 4.27. The molecule has 2 aliphatic rings. The molecule has 1 aromatic heterocycles. The van der Waals surface area contributed by atoms with Gasteiger partial charge in [-0.1, -0.05) is 23.5 Å². The molecule has 0 radical (unpaired) electrons. The van der Waals surface area contributed by atoms with Gasteiger partial charge in [-0.3, -0.25) is 9.89 Å². The molecule has 0 amide bonds. The zero-order valence-corrected chi connectivity index (χ0v) is 17.4. The summed E-state index contributed by atoms with van der Waals surface area (Å²) in [5.74, 6) is 1.60. The Bertz CT molecular complexity index is 1070. The zero-order chi connectivity index (χ0) is 20.2. The van der Waals surface area contributed by atoms with E-state index in [-0.39, 0.29) is 0 Å². The van der Waals surface area contributed by atoms with Gasteiger partial charge in [-0.25, -0.2) is 4.98 Å².